The van der Waals surface area contributed by atoms with Crippen molar-refractivity contribution in [2.75, 3.05) is 19.1 Å². The Morgan fingerprint density at radius 2 is 1.69 bits per heavy atom. The second-order valence-electron chi connectivity index (χ2n) is 7.76. The lowest BCUT2D eigenvalue weighted by atomic mass is 9.98. The van der Waals surface area contributed by atoms with E-state index in [1.165, 1.54) is 19.1 Å². The summed E-state index contributed by atoms with van der Waals surface area (Å²) in [5.41, 5.74) is 1.37. The summed E-state index contributed by atoms with van der Waals surface area (Å²) < 4.78 is 15.5. The van der Waals surface area contributed by atoms with Gasteiger partial charge in [0.2, 0.25) is 5.76 Å². The molecule has 5 rings (SSSR count). The smallest absolute Gasteiger partial charge is 0.350 e. The molecule has 0 bridgehead atoms. The molecular formula is C25H18N2O7S. The number of hydrogen-bond donors (Lipinski definition) is 0. The molecule has 1 aliphatic rings. The molecule has 176 valence electrons. The van der Waals surface area contributed by atoms with Gasteiger partial charge in [0.25, 0.3) is 5.91 Å². The molecule has 2 aromatic carbocycles. The number of hydrogen-bond acceptors (Lipinski definition) is 9. The first-order valence-electron chi connectivity index (χ1n) is 10.5. The Labute approximate surface area is 202 Å². The van der Waals surface area contributed by atoms with Crippen molar-refractivity contribution in [3.8, 4) is 0 Å². The van der Waals surface area contributed by atoms with Gasteiger partial charge in [-0.25, -0.2) is 14.6 Å². The van der Waals surface area contributed by atoms with E-state index in [1.807, 2.05) is 0 Å². The normalized spacial score (nSPS) is 14.8. The number of aromatic nitrogens is 1. The molecule has 0 aliphatic carbocycles. The van der Waals surface area contributed by atoms with Crippen molar-refractivity contribution < 1.29 is 28.3 Å². The maximum Gasteiger partial charge on any atom is 0.350 e. The van der Waals surface area contributed by atoms with Crippen LogP contribution in [0.25, 0.3) is 11.0 Å². The van der Waals surface area contributed by atoms with Crippen LogP contribution in [-0.4, -0.2) is 37.0 Å². The number of anilines is 1. The summed E-state index contributed by atoms with van der Waals surface area (Å²) in [4.78, 5) is 57.3. The molecule has 4 aromatic rings. The van der Waals surface area contributed by atoms with Gasteiger partial charge in [-0.3, -0.25) is 14.5 Å². The Morgan fingerprint density at radius 1 is 1.00 bits per heavy atom. The zero-order chi connectivity index (χ0) is 24.9. The van der Waals surface area contributed by atoms with Crippen molar-refractivity contribution in [1.82, 2.24) is 4.98 Å². The summed E-state index contributed by atoms with van der Waals surface area (Å²) in [6.45, 7) is 1.64. The molecule has 0 unspecified atom stereocenters. The summed E-state index contributed by atoms with van der Waals surface area (Å²) in [6, 6.07) is 12.2. The van der Waals surface area contributed by atoms with Gasteiger partial charge in [0.15, 0.2) is 10.6 Å². The highest BCUT2D eigenvalue weighted by Crippen LogP contribution is 2.43. The lowest BCUT2D eigenvalue weighted by molar-refractivity contribution is 0.0593. The van der Waals surface area contributed by atoms with Crippen LogP contribution in [0, 0.1) is 6.92 Å². The van der Waals surface area contributed by atoms with Gasteiger partial charge in [0, 0.05) is 0 Å². The second kappa shape index (κ2) is 8.48. The zero-order valence-electron chi connectivity index (χ0n) is 18.9. The third-order valence-electron chi connectivity index (χ3n) is 5.79. The number of aryl methyl sites for hydroxylation is 1. The minimum atomic E-state index is -0.888. The quantitative estimate of drug-likeness (QED) is 0.396. The van der Waals surface area contributed by atoms with E-state index in [4.69, 9.17) is 13.9 Å². The highest BCUT2D eigenvalue weighted by molar-refractivity contribution is 7.17. The van der Waals surface area contributed by atoms with Crippen LogP contribution in [0.1, 0.15) is 53.4 Å². The highest BCUT2D eigenvalue weighted by Gasteiger charge is 2.45. The van der Waals surface area contributed by atoms with Gasteiger partial charge in [-0.2, -0.15) is 0 Å². The van der Waals surface area contributed by atoms with Crippen LogP contribution >= 0.6 is 11.3 Å². The number of thiazole rings is 1. The predicted molar refractivity (Wildman–Crippen MR) is 127 cm³/mol. The Balaban J connectivity index is 1.74. The average Bonchev–Trinajstić information content (AvgIpc) is 3.40. The maximum atomic E-state index is 13.6. The third-order valence-corrected chi connectivity index (χ3v) is 6.92. The lowest BCUT2D eigenvalue weighted by Gasteiger charge is -2.22. The maximum absolute atomic E-state index is 13.6. The van der Waals surface area contributed by atoms with Crippen molar-refractivity contribution in [3.05, 3.63) is 91.8 Å². The molecule has 35 heavy (non-hydrogen) atoms. The number of carbonyl (C=O) groups is 3. The van der Waals surface area contributed by atoms with Crippen LogP contribution < -0.4 is 10.3 Å². The number of methoxy groups -OCH3 is 2. The second-order valence-corrected chi connectivity index (χ2v) is 8.74. The van der Waals surface area contributed by atoms with E-state index in [0.717, 1.165) is 11.3 Å². The van der Waals surface area contributed by atoms with Gasteiger partial charge >= 0.3 is 11.9 Å². The first-order chi connectivity index (χ1) is 16.8. The minimum absolute atomic E-state index is 0.0942. The predicted octanol–water partition coefficient (Wildman–Crippen LogP) is 3.88. The fourth-order valence-corrected chi connectivity index (χ4v) is 5.13. The molecule has 3 heterocycles. The largest absolute Gasteiger partial charge is 0.465 e. The van der Waals surface area contributed by atoms with E-state index in [2.05, 4.69) is 4.98 Å². The number of rotatable bonds is 4. The van der Waals surface area contributed by atoms with Crippen molar-refractivity contribution in [1.29, 1.82) is 0 Å². The van der Waals surface area contributed by atoms with E-state index < -0.39 is 23.9 Å². The van der Waals surface area contributed by atoms with E-state index in [-0.39, 0.29) is 32.3 Å². The molecule has 0 saturated carbocycles. The number of nitrogens with zero attached hydrogens (tertiary/aromatic N) is 2. The van der Waals surface area contributed by atoms with Crippen LogP contribution in [0.4, 0.5) is 5.13 Å². The molecule has 1 amide bonds. The fourth-order valence-electron chi connectivity index (χ4n) is 4.12. The molecule has 0 radical (unpaired) electrons. The Morgan fingerprint density at radius 3 is 2.37 bits per heavy atom. The SMILES string of the molecule is COC(=O)c1ccc([C@@H]2c3c(oc4ccccc4c3=O)C(=O)N2c2nc(C)c(C(=O)OC)s2)cc1. The number of esters is 2. The Hall–Kier alpha value is -4.31. The number of carbonyl (C=O) groups excluding carboxylic acids is 3. The number of fused-ring (bicyclic) bond motifs is 2. The summed E-state index contributed by atoms with van der Waals surface area (Å²) in [6.07, 6.45) is 0. The molecule has 0 N–H and O–H groups in total. The Bertz CT molecular complexity index is 1570. The van der Waals surface area contributed by atoms with Gasteiger partial charge in [-0.1, -0.05) is 35.6 Å². The van der Waals surface area contributed by atoms with Gasteiger partial charge in [-0.15, -0.1) is 0 Å². The van der Waals surface area contributed by atoms with Crippen molar-refractivity contribution in [3.63, 3.8) is 0 Å². The number of para-hydroxylation sites is 1. The van der Waals surface area contributed by atoms with Crippen LogP contribution in [0.2, 0.25) is 0 Å². The highest BCUT2D eigenvalue weighted by atomic mass is 32.1. The third kappa shape index (κ3) is 3.50. The summed E-state index contributed by atoms with van der Waals surface area (Å²) in [7, 11) is 2.54. The van der Waals surface area contributed by atoms with Crippen molar-refractivity contribution in [2.24, 2.45) is 0 Å². The minimum Gasteiger partial charge on any atom is -0.465 e. The van der Waals surface area contributed by atoms with Crippen molar-refractivity contribution >= 4 is 45.3 Å². The van der Waals surface area contributed by atoms with Crippen LogP contribution in [0.15, 0.2) is 57.7 Å². The first kappa shape index (κ1) is 22.5. The van der Waals surface area contributed by atoms with E-state index >= 15 is 0 Å². The summed E-state index contributed by atoms with van der Waals surface area (Å²) in [5, 5.41) is 0.549. The molecule has 0 spiro atoms. The van der Waals surface area contributed by atoms with Crippen LogP contribution in [-0.2, 0) is 9.47 Å². The van der Waals surface area contributed by atoms with Crippen LogP contribution in [0.3, 0.4) is 0 Å². The van der Waals surface area contributed by atoms with E-state index in [0.29, 0.717) is 22.2 Å². The van der Waals surface area contributed by atoms with Gasteiger partial charge in [0.05, 0.1) is 42.5 Å². The topological polar surface area (TPSA) is 116 Å². The monoisotopic (exact) mass is 490 g/mol. The van der Waals surface area contributed by atoms with Gasteiger partial charge in [0.1, 0.15) is 10.5 Å². The standard InChI is InChI=1S/C25H18N2O7S/c1-12-21(24(31)33-3)35-25(26-12)27-18(13-8-10-14(11-9-13)23(30)32-2)17-19(28)15-6-4-5-7-16(15)34-20(17)22(27)29/h4-11,18H,1-3H3/t18-/m1/s1. The molecule has 2 aromatic heterocycles. The van der Waals surface area contributed by atoms with Crippen LogP contribution in [0.5, 0.6) is 0 Å². The van der Waals surface area contributed by atoms with Gasteiger partial charge < -0.3 is 13.9 Å². The molecular weight excluding hydrogens is 472 g/mol. The molecule has 9 nitrogen and oxygen atoms in total. The molecule has 1 aliphatic heterocycles. The Kier molecular flexibility index (Phi) is 5.45. The number of amides is 1. The molecule has 1 atom stereocenters. The summed E-state index contributed by atoms with van der Waals surface area (Å²) >= 11 is 0.986. The van der Waals surface area contributed by atoms with E-state index in [1.54, 1.807) is 55.5 Å². The number of benzene rings is 2. The van der Waals surface area contributed by atoms with Gasteiger partial charge in [-0.05, 0) is 36.8 Å². The van der Waals surface area contributed by atoms with Crippen molar-refractivity contribution in [2.45, 2.75) is 13.0 Å². The van der Waals surface area contributed by atoms with E-state index in [9.17, 15) is 19.2 Å². The summed E-state index contributed by atoms with van der Waals surface area (Å²) in [5.74, 6) is -1.74. The molecule has 0 fully saturated rings. The first-order valence-corrected chi connectivity index (χ1v) is 11.3. The fraction of sp³-hybridized carbons (Fsp3) is 0.160. The number of ether oxygens (including phenoxy) is 2. The average molecular weight is 490 g/mol. The lowest BCUT2D eigenvalue weighted by Crippen LogP contribution is -2.29. The molecule has 0 saturated heterocycles. The molecule has 10 heteroatoms. The zero-order valence-corrected chi connectivity index (χ0v) is 19.7.